The van der Waals surface area contributed by atoms with Crippen LogP contribution in [0.4, 0.5) is 11.4 Å². The molecule has 29 heavy (non-hydrogen) atoms. The number of nitro groups is 1. The van der Waals surface area contributed by atoms with Crippen LogP contribution in [0.2, 0.25) is 0 Å². The third-order valence-corrected chi connectivity index (χ3v) is 5.71. The molecule has 0 bridgehead atoms. The van der Waals surface area contributed by atoms with Gasteiger partial charge in [0.25, 0.3) is 11.2 Å². The molecule has 1 amide bonds. The molecule has 0 atom stereocenters. The minimum atomic E-state index is -0.465. The van der Waals surface area contributed by atoms with E-state index in [1.807, 2.05) is 9.80 Å². The smallest absolute Gasteiger partial charge is 0.293 e. The number of benzene rings is 1. The minimum Gasteiger partial charge on any atom is -0.363 e. The van der Waals surface area contributed by atoms with Crippen LogP contribution in [0, 0.1) is 10.1 Å². The van der Waals surface area contributed by atoms with Crippen molar-refractivity contribution < 1.29 is 9.72 Å². The number of piperidine rings is 1. The molecule has 2 fully saturated rings. The number of nitrogens with one attached hydrogen (secondary N) is 1. The van der Waals surface area contributed by atoms with Gasteiger partial charge in [0, 0.05) is 45.3 Å². The van der Waals surface area contributed by atoms with E-state index in [9.17, 15) is 19.7 Å². The summed E-state index contributed by atoms with van der Waals surface area (Å²) in [5, 5.41) is 11.8. The van der Waals surface area contributed by atoms with Crippen LogP contribution in [0.1, 0.15) is 19.3 Å². The van der Waals surface area contributed by atoms with E-state index in [1.165, 1.54) is 18.8 Å². The van der Waals surface area contributed by atoms with Gasteiger partial charge in [0.05, 0.1) is 28.7 Å². The lowest BCUT2D eigenvalue weighted by molar-refractivity contribution is -0.384. The summed E-state index contributed by atoms with van der Waals surface area (Å²) in [6.45, 7) is 4.52. The number of H-pyrrole nitrogens is 1. The summed E-state index contributed by atoms with van der Waals surface area (Å²) in [6, 6.07) is 2.90. The molecule has 1 N–H and O–H groups in total. The first-order valence-corrected chi connectivity index (χ1v) is 9.94. The Kier molecular flexibility index (Phi) is 5.43. The van der Waals surface area contributed by atoms with Crippen molar-refractivity contribution in [2.24, 2.45) is 0 Å². The number of piperazine rings is 1. The van der Waals surface area contributed by atoms with E-state index in [4.69, 9.17) is 0 Å². The maximum atomic E-state index is 12.5. The lowest BCUT2D eigenvalue weighted by Gasteiger charge is -2.36. The van der Waals surface area contributed by atoms with E-state index in [0.29, 0.717) is 43.9 Å². The molecule has 0 aliphatic carbocycles. The molecule has 4 rings (SSSR count). The predicted molar refractivity (Wildman–Crippen MR) is 108 cm³/mol. The Morgan fingerprint density at radius 2 is 1.83 bits per heavy atom. The number of amides is 1. The first-order chi connectivity index (χ1) is 14.0. The van der Waals surface area contributed by atoms with Crippen LogP contribution in [-0.2, 0) is 4.79 Å². The number of aromatic amines is 1. The van der Waals surface area contributed by atoms with Gasteiger partial charge >= 0.3 is 0 Å². The minimum absolute atomic E-state index is 0.103. The third kappa shape index (κ3) is 4.07. The first kappa shape index (κ1) is 19.3. The summed E-state index contributed by atoms with van der Waals surface area (Å²) in [5.74, 6) is 0.165. The van der Waals surface area contributed by atoms with Gasteiger partial charge in [-0.3, -0.25) is 24.6 Å². The fourth-order valence-corrected chi connectivity index (χ4v) is 4.07. The molecular formula is C19H24N6O4. The molecule has 0 spiro atoms. The van der Waals surface area contributed by atoms with Gasteiger partial charge in [0.1, 0.15) is 5.69 Å². The Morgan fingerprint density at radius 1 is 1.10 bits per heavy atom. The maximum absolute atomic E-state index is 12.5. The second kappa shape index (κ2) is 8.16. The number of rotatable bonds is 4. The molecule has 2 aliphatic heterocycles. The normalized spacial score (nSPS) is 18.2. The predicted octanol–water partition coefficient (Wildman–Crippen LogP) is 0.966. The number of nitrogens with zero attached hydrogens (tertiary/aromatic N) is 5. The Bertz CT molecular complexity index is 976. The number of fused-ring (bicyclic) bond motifs is 1. The molecule has 2 aromatic rings. The lowest BCUT2D eigenvalue weighted by atomic mass is 10.1. The van der Waals surface area contributed by atoms with Crippen molar-refractivity contribution in [3.05, 3.63) is 38.9 Å². The monoisotopic (exact) mass is 400 g/mol. The summed E-state index contributed by atoms with van der Waals surface area (Å²) >= 11 is 0. The standard InChI is InChI=1S/C19H24N6O4/c26-18(24-4-2-1-3-5-24)12-22-6-8-23(9-7-22)16-11-15-14(10-17(16)25(28)29)19(27)21-13-20-15/h10-11,13H,1-9,12H2,(H,20,21,27). The van der Waals surface area contributed by atoms with Crippen LogP contribution in [0.5, 0.6) is 0 Å². The zero-order chi connectivity index (χ0) is 20.4. The second-order valence-corrected chi connectivity index (χ2v) is 7.55. The number of nitro benzene ring substituents is 1. The second-order valence-electron chi connectivity index (χ2n) is 7.55. The average molecular weight is 400 g/mol. The van der Waals surface area contributed by atoms with E-state index in [1.54, 1.807) is 6.07 Å². The molecule has 10 nitrogen and oxygen atoms in total. The fraction of sp³-hybridized carbons (Fsp3) is 0.526. The van der Waals surface area contributed by atoms with E-state index in [2.05, 4.69) is 14.9 Å². The van der Waals surface area contributed by atoms with Crippen molar-refractivity contribution in [2.75, 3.05) is 50.7 Å². The molecule has 154 valence electrons. The molecule has 2 saturated heterocycles. The number of anilines is 1. The molecule has 1 aromatic heterocycles. The molecule has 0 radical (unpaired) electrons. The molecule has 10 heteroatoms. The summed E-state index contributed by atoms with van der Waals surface area (Å²) in [7, 11) is 0. The van der Waals surface area contributed by atoms with Crippen LogP contribution in [0.25, 0.3) is 10.9 Å². The van der Waals surface area contributed by atoms with Gasteiger partial charge in [-0.1, -0.05) is 0 Å². The van der Waals surface area contributed by atoms with Crippen LogP contribution in [0.3, 0.4) is 0 Å². The number of carbonyl (C=O) groups is 1. The summed E-state index contributed by atoms with van der Waals surface area (Å²) in [5.41, 5.74) is 0.388. The SMILES string of the molecule is O=C(CN1CCN(c2cc3nc[nH]c(=O)c3cc2[N+](=O)[O-])CC1)N1CCCCC1. The van der Waals surface area contributed by atoms with Crippen molar-refractivity contribution in [1.82, 2.24) is 19.8 Å². The van der Waals surface area contributed by atoms with Crippen molar-refractivity contribution in [1.29, 1.82) is 0 Å². The van der Waals surface area contributed by atoms with E-state index >= 15 is 0 Å². The van der Waals surface area contributed by atoms with Crippen molar-refractivity contribution in [2.45, 2.75) is 19.3 Å². The molecule has 3 heterocycles. The number of likely N-dealkylation sites (tertiary alicyclic amines) is 1. The van der Waals surface area contributed by atoms with E-state index < -0.39 is 10.5 Å². The maximum Gasteiger partial charge on any atom is 0.293 e. The van der Waals surface area contributed by atoms with Gasteiger partial charge in [0.15, 0.2) is 0 Å². The molecule has 1 aromatic carbocycles. The first-order valence-electron chi connectivity index (χ1n) is 9.94. The quantitative estimate of drug-likeness (QED) is 0.600. The fourth-order valence-electron chi connectivity index (χ4n) is 4.07. The highest BCUT2D eigenvalue weighted by molar-refractivity contribution is 5.87. The van der Waals surface area contributed by atoms with Crippen molar-refractivity contribution in [3.8, 4) is 0 Å². The van der Waals surface area contributed by atoms with Gasteiger partial charge in [-0.2, -0.15) is 0 Å². The molecule has 0 saturated carbocycles. The van der Waals surface area contributed by atoms with Crippen LogP contribution in [0.15, 0.2) is 23.3 Å². The van der Waals surface area contributed by atoms with Crippen LogP contribution < -0.4 is 10.5 Å². The topological polar surface area (TPSA) is 116 Å². The summed E-state index contributed by atoms with van der Waals surface area (Å²) in [4.78, 5) is 48.1. The van der Waals surface area contributed by atoms with Crippen LogP contribution in [-0.4, -0.2) is 76.4 Å². The zero-order valence-electron chi connectivity index (χ0n) is 16.2. The highest BCUT2D eigenvalue weighted by Crippen LogP contribution is 2.32. The summed E-state index contributed by atoms with van der Waals surface area (Å²) < 4.78 is 0. The Balaban J connectivity index is 1.47. The van der Waals surface area contributed by atoms with Gasteiger partial charge < -0.3 is 14.8 Å². The molecule has 2 aliphatic rings. The number of hydrogen-bond acceptors (Lipinski definition) is 7. The van der Waals surface area contributed by atoms with Crippen molar-refractivity contribution >= 4 is 28.2 Å². The number of hydrogen-bond donors (Lipinski definition) is 1. The average Bonchev–Trinajstić information content (AvgIpc) is 2.74. The lowest BCUT2D eigenvalue weighted by Crippen LogP contribution is -2.50. The number of aromatic nitrogens is 2. The van der Waals surface area contributed by atoms with Gasteiger partial charge in [-0.25, -0.2) is 4.98 Å². The van der Waals surface area contributed by atoms with Gasteiger partial charge in [0.2, 0.25) is 5.91 Å². The van der Waals surface area contributed by atoms with Crippen molar-refractivity contribution in [3.63, 3.8) is 0 Å². The zero-order valence-corrected chi connectivity index (χ0v) is 16.2. The van der Waals surface area contributed by atoms with Gasteiger partial charge in [-0.05, 0) is 25.3 Å². The van der Waals surface area contributed by atoms with Gasteiger partial charge in [-0.15, -0.1) is 0 Å². The molecule has 0 unspecified atom stereocenters. The number of carbonyl (C=O) groups excluding carboxylic acids is 1. The highest BCUT2D eigenvalue weighted by atomic mass is 16.6. The largest absolute Gasteiger partial charge is 0.363 e. The van der Waals surface area contributed by atoms with Crippen LogP contribution >= 0.6 is 0 Å². The highest BCUT2D eigenvalue weighted by Gasteiger charge is 2.27. The summed E-state index contributed by atoms with van der Waals surface area (Å²) in [6.07, 6.45) is 4.63. The Hall–Kier alpha value is -3.01. The van der Waals surface area contributed by atoms with E-state index in [0.717, 1.165) is 25.9 Å². The Morgan fingerprint density at radius 3 is 2.52 bits per heavy atom. The molecular weight excluding hydrogens is 376 g/mol. The third-order valence-electron chi connectivity index (χ3n) is 5.71. The van der Waals surface area contributed by atoms with E-state index in [-0.39, 0.29) is 17.0 Å². The Labute approximate surface area is 167 Å².